The number of nitrogens with zero attached hydrogens (tertiary/aromatic N) is 5. The number of hydrogen-bond acceptors (Lipinski definition) is 4. The highest BCUT2D eigenvalue weighted by Gasteiger charge is 2.23. The molecule has 0 aliphatic rings. The lowest BCUT2D eigenvalue weighted by atomic mass is 10.1. The van der Waals surface area contributed by atoms with E-state index >= 15 is 0 Å². The van der Waals surface area contributed by atoms with E-state index < -0.39 is 18.1 Å². The molecule has 51 heavy (non-hydrogen) atoms. The molecule has 11 rings (SSSR count). The van der Waals surface area contributed by atoms with E-state index in [1.165, 1.54) is 0 Å². The molecule has 0 radical (unpaired) electrons. The zero-order valence-electron chi connectivity index (χ0n) is 33.7. The van der Waals surface area contributed by atoms with E-state index in [4.69, 9.17) is 24.9 Å². The molecule has 6 heteroatoms. The maximum absolute atomic E-state index is 9.69. The predicted octanol–water partition coefficient (Wildman–Crippen LogP) is 11.3. The average Bonchev–Trinajstić information content (AvgIpc) is 3.94. The highest BCUT2D eigenvalue weighted by atomic mass is 16.3. The summed E-state index contributed by atoms with van der Waals surface area (Å²) in [5.74, 6) is 1.32. The third-order valence-corrected chi connectivity index (χ3v) is 9.45. The first-order chi connectivity index (χ1) is 28.2. The lowest BCUT2D eigenvalue weighted by Crippen LogP contribution is -2.07. The van der Waals surface area contributed by atoms with Crippen LogP contribution in [0, 0.1) is 0 Å². The number of benzene rings is 7. The number of para-hydroxylation sites is 3. The van der Waals surface area contributed by atoms with Gasteiger partial charge in [0.2, 0.25) is 5.95 Å². The molecule has 0 amide bonds. The van der Waals surface area contributed by atoms with Crippen molar-refractivity contribution in [3.05, 3.63) is 164 Å². The van der Waals surface area contributed by atoms with Crippen LogP contribution in [0.2, 0.25) is 0 Å². The molecule has 0 aliphatic heterocycles. The quantitative estimate of drug-likeness (QED) is 0.188. The van der Waals surface area contributed by atoms with Crippen LogP contribution in [-0.4, -0.2) is 24.1 Å². The van der Waals surface area contributed by atoms with Crippen molar-refractivity contribution in [1.82, 2.24) is 24.1 Å². The average molecular weight is 661 g/mol. The summed E-state index contributed by atoms with van der Waals surface area (Å²) in [6.45, 7) is 0. The first-order valence-electron chi connectivity index (χ1n) is 20.0. The Kier molecular flexibility index (Phi) is 4.59. The summed E-state index contributed by atoms with van der Waals surface area (Å²) < 4.78 is 72.4. The third kappa shape index (κ3) is 4.14. The van der Waals surface area contributed by atoms with Crippen molar-refractivity contribution in [2.24, 2.45) is 0 Å². The summed E-state index contributed by atoms with van der Waals surface area (Å²) in [7, 11) is 0. The lowest BCUT2D eigenvalue weighted by molar-refractivity contribution is 0.668. The Balaban J connectivity index is 1.32. The van der Waals surface area contributed by atoms with Gasteiger partial charge >= 0.3 is 0 Å². The zero-order valence-corrected chi connectivity index (χ0v) is 26.7. The maximum atomic E-state index is 9.69. The van der Waals surface area contributed by atoms with E-state index in [0.29, 0.717) is 34.1 Å². The van der Waals surface area contributed by atoms with Crippen molar-refractivity contribution < 1.29 is 14.0 Å². The number of aromatic nitrogens is 5. The van der Waals surface area contributed by atoms with Gasteiger partial charge in [-0.05, 0) is 30.3 Å². The zero-order chi connectivity index (χ0) is 39.6. The predicted molar refractivity (Wildman–Crippen MR) is 207 cm³/mol. The first-order valence-corrected chi connectivity index (χ1v) is 16.5. The monoisotopic (exact) mass is 660 g/mol. The Morgan fingerprint density at radius 1 is 0.451 bits per heavy atom. The van der Waals surface area contributed by atoms with E-state index in [1.54, 1.807) is 0 Å². The van der Waals surface area contributed by atoms with Crippen molar-refractivity contribution in [1.29, 1.82) is 0 Å². The lowest BCUT2D eigenvalue weighted by Gasteiger charge is -2.13. The molecule has 6 nitrogen and oxygen atoms in total. The smallest absolute Gasteiger partial charge is 0.238 e. The summed E-state index contributed by atoms with van der Waals surface area (Å²) in [4.78, 5) is 15.2. The van der Waals surface area contributed by atoms with Crippen LogP contribution in [0.25, 0.3) is 100.0 Å². The molecule has 0 unspecified atom stereocenters. The normalized spacial score (nSPS) is 13.8. The fraction of sp³-hybridized carbons (Fsp3) is 0. The van der Waals surface area contributed by atoms with Crippen LogP contribution in [-0.2, 0) is 0 Å². The first kappa shape index (κ1) is 21.8. The van der Waals surface area contributed by atoms with Crippen LogP contribution in [0.15, 0.2) is 168 Å². The SMILES string of the molecule is [2H]c1c([2H])c([2H])c2c(oc3c([2H])c(-n4c5ccccc5c5ccc6c7ccccc7n(-c7nc(-c8ccccc8)nc(-c8ccccc8)n7)c6c54)c([2H])c([2H])c32)c1[2H]. The Hall–Kier alpha value is -7.05. The molecule has 4 heterocycles. The second kappa shape index (κ2) is 10.7. The van der Waals surface area contributed by atoms with Gasteiger partial charge in [-0.25, -0.2) is 4.98 Å². The van der Waals surface area contributed by atoms with Crippen LogP contribution < -0.4 is 0 Å². The molecule has 0 saturated carbocycles. The van der Waals surface area contributed by atoms with E-state index in [-0.39, 0.29) is 51.8 Å². The van der Waals surface area contributed by atoms with Gasteiger partial charge in [0.1, 0.15) is 11.2 Å². The molecule has 0 saturated heterocycles. The molecule has 0 bridgehead atoms. The summed E-state index contributed by atoms with van der Waals surface area (Å²) in [5.41, 5.74) is 4.25. The van der Waals surface area contributed by atoms with Crippen molar-refractivity contribution >= 4 is 65.6 Å². The fourth-order valence-corrected chi connectivity index (χ4v) is 7.24. The van der Waals surface area contributed by atoms with Crippen LogP contribution in [0.5, 0.6) is 0 Å². The molecular weight excluding hydrogens is 627 g/mol. The van der Waals surface area contributed by atoms with Crippen molar-refractivity contribution in [3.63, 3.8) is 0 Å². The number of hydrogen-bond donors (Lipinski definition) is 0. The van der Waals surface area contributed by atoms with Crippen molar-refractivity contribution in [2.75, 3.05) is 0 Å². The minimum absolute atomic E-state index is 0.00662. The van der Waals surface area contributed by atoms with E-state index in [9.17, 15) is 4.11 Å². The van der Waals surface area contributed by atoms with Crippen molar-refractivity contribution in [2.45, 2.75) is 0 Å². The van der Waals surface area contributed by atoms with Gasteiger partial charge in [-0.3, -0.25) is 4.57 Å². The van der Waals surface area contributed by atoms with E-state index in [0.717, 1.165) is 38.2 Å². The molecule has 0 fully saturated rings. The van der Waals surface area contributed by atoms with Gasteiger partial charge in [0.05, 0.1) is 37.3 Å². The van der Waals surface area contributed by atoms with Gasteiger partial charge in [0.25, 0.3) is 0 Å². The molecule has 11 aromatic rings. The second-order valence-electron chi connectivity index (χ2n) is 12.3. The second-order valence-corrected chi connectivity index (χ2v) is 12.3. The largest absolute Gasteiger partial charge is 0.456 e. The number of fused-ring (bicyclic) bond motifs is 10. The van der Waals surface area contributed by atoms with Crippen LogP contribution in [0.1, 0.15) is 9.60 Å². The van der Waals surface area contributed by atoms with Gasteiger partial charge in [-0.15, -0.1) is 0 Å². The Labute approximate surface area is 301 Å². The Bertz CT molecular complexity index is 3490. The highest BCUT2D eigenvalue weighted by Crippen LogP contribution is 2.42. The molecule has 0 aliphatic carbocycles. The minimum atomic E-state index is -0.484. The van der Waals surface area contributed by atoms with Gasteiger partial charge in [-0.1, -0.05) is 127 Å². The van der Waals surface area contributed by atoms with Gasteiger partial charge < -0.3 is 8.98 Å². The van der Waals surface area contributed by atoms with Crippen LogP contribution in [0.3, 0.4) is 0 Å². The standard InChI is InChI=1S/C45H27N5O/c1-3-13-28(14-4-1)43-46-44(29-15-5-2-6-16-29)48-45(47-43)50-38-21-11-8-18-32(38)36-26-25-35-31-17-7-10-20-37(31)49(41(35)42(36)50)30-23-24-34-33-19-9-12-22-39(33)51-40(34)27-30/h1-27H/i9D,12D,19D,22D,23D,24D,27D. The van der Waals surface area contributed by atoms with Crippen molar-refractivity contribution in [3.8, 4) is 34.4 Å². The number of rotatable bonds is 4. The minimum Gasteiger partial charge on any atom is -0.456 e. The molecular formula is C45H27N5O. The highest BCUT2D eigenvalue weighted by molar-refractivity contribution is 6.23. The molecule has 0 N–H and O–H groups in total. The summed E-state index contributed by atoms with van der Waals surface area (Å²) in [6.07, 6.45) is 0. The fourth-order valence-electron chi connectivity index (χ4n) is 7.24. The van der Waals surface area contributed by atoms with Gasteiger partial charge in [-0.2, -0.15) is 9.97 Å². The molecule has 0 atom stereocenters. The molecule has 4 aromatic heterocycles. The summed E-state index contributed by atoms with van der Waals surface area (Å²) >= 11 is 0. The molecule has 238 valence electrons. The maximum Gasteiger partial charge on any atom is 0.238 e. The summed E-state index contributed by atoms with van der Waals surface area (Å²) in [6, 6.07) is 36.6. The Morgan fingerprint density at radius 3 is 1.67 bits per heavy atom. The third-order valence-electron chi connectivity index (χ3n) is 9.45. The van der Waals surface area contributed by atoms with Gasteiger partial charge in [0.15, 0.2) is 11.6 Å². The summed E-state index contributed by atoms with van der Waals surface area (Å²) in [5, 5.41) is 3.43. The molecule has 0 spiro atoms. The van der Waals surface area contributed by atoms with Crippen LogP contribution in [0.4, 0.5) is 0 Å². The van der Waals surface area contributed by atoms with E-state index in [1.807, 2.05) is 124 Å². The Morgan fingerprint density at radius 2 is 1.00 bits per heavy atom. The van der Waals surface area contributed by atoms with E-state index in [2.05, 4.69) is 6.07 Å². The molecule has 7 aromatic carbocycles. The number of furan rings is 1. The van der Waals surface area contributed by atoms with Gasteiger partial charge in [0, 0.05) is 49.5 Å². The topological polar surface area (TPSA) is 61.7 Å². The van der Waals surface area contributed by atoms with Crippen LogP contribution >= 0.6 is 0 Å².